The van der Waals surface area contributed by atoms with E-state index in [1.165, 1.54) is 0 Å². The second-order valence-electron chi connectivity index (χ2n) is 7.47. The van der Waals surface area contributed by atoms with E-state index in [1.807, 2.05) is 59.6 Å². The van der Waals surface area contributed by atoms with Crippen LogP contribution in [0, 0.1) is 0 Å². The van der Waals surface area contributed by atoms with Crippen LogP contribution in [0.2, 0.25) is 0 Å². The molecule has 4 aromatic rings. The predicted octanol–water partition coefficient (Wildman–Crippen LogP) is 4.54. The first-order valence-corrected chi connectivity index (χ1v) is 11.2. The highest BCUT2D eigenvalue weighted by Crippen LogP contribution is 2.33. The maximum absolute atomic E-state index is 12.1. The molecular weight excluding hydrogens is 486 g/mol. The Morgan fingerprint density at radius 1 is 1.00 bits per heavy atom. The maximum atomic E-state index is 12.1. The Morgan fingerprint density at radius 3 is 2.45 bits per heavy atom. The molecule has 0 saturated carbocycles. The smallest absolute Gasteiger partial charge is 0.355 e. The molecule has 1 N–H and O–H groups in total. The van der Waals surface area contributed by atoms with E-state index >= 15 is 0 Å². The van der Waals surface area contributed by atoms with Gasteiger partial charge in [0.2, 0.25) is 5.95 Å². The van der Waals surface area contributed by atoms with Crippen molar-refractivity contribution in [1.82, 2.24) is 20.0 Å². The van der Waals surface area contributed by atoms with Crippen molar-refractivity contribution in [3.05, 3.63) is 77.0 Å². The average Bonchev–Trinajstić information content (AvgIpc) is 2.85. The molecule has 2 aromatic carbocycles. The summed E-state index contributed by atoms with van der Waals surface area (Å²) in [5.74, 6) is -0.691. The molecule has 0 amide bonds. The molecule has 1 saturated heterocycles. The molecule has 166 valence electrons. The van der Waals surface area contributed by atoms with E-state index in [-0.39, 0.29) is 5.69 Å². The number of nitrogens with zero attached hydrogens (tertiary/aromatic N) is 5. The summed E-state index contributed by atoms with van der Waals surface area (Å²) in [7, 11) is 0. The fraction of sp³-hybridized carbons (Fsp3) is 0.167. The summed E-state index contributed by atoms with van der Waals surface area (Å²) in [5.41, 5.74) is 2.42. The molecule has 0 bridgehead atoms. The van der Waals surface area contributed by atoms with Crippen LogP contribution in [-0.4, -0.2) is 57.3 Å². The minimum atomic E-state index is -1.11. The minimum Gasteiger partial charge on any atom is -0.476 e. The maximum Gasteiger partial charge on any atom is 0.355 e. The highest BCUT2D eigenvalue weighted by atomic mass is 79.9. The van der Waals surface area contributed by atoms with Crippen LogP contribution in [0.25, 0.3) is 22.2 Å². The van der Waals surface area contributed by atoms with E-state index in [9.17, 15) is 9.90 Å². The fourth-order valence-corrected chi connectivity index (χ4v) is 4.33. The van der Waals surface area contributed by atoms with E-state index in [0.29, 0.717) is 48.8 Å². The van der Waals surface area contributed by atoms with E-state index in [1.54, 1.807) is 12.3 Å². The molecule has 0 radical (unpaired) electrons. The molecular formula is C24H20BrN5O3. The Kier molecular flexibility index (Phi) is 5.99. The Bertz CT molecular complexity index is 1310. The van der Waals surface area contributed by atoms with Gasteiger partial charge in [-0.2, -0.15) is 4.98 Å². The number of benzene rings is 2. The number of rotatable bonds is 5. The zero-order valence-corrected chi connectivity index (χ0v) is 19.1. The number of hydrogen-bond acceptors (Lipinski definition) is 7. The summed E-state index contributed by atoms with van der Waals surface area (Å²) in [6, 6.07) is 19.0. The zero-order chi connectivity index (χ0) is 22.8. The van der Waals surface area contributed by atoms with Crippen LogP contribution in [0.5, 0.6) is 0 Å². The third-order valence-electron chi connectivity index (χ3n) is 5.38. The first-order valence-electron chi connectivity index (χ1n) is 10.5. The number of carboxylic acids is 1. The van der Waals surface area contributed by atoms with Gasteiger partial charge in [0.1, 0.15) is 0 Å². The molecule has 1 aliphatic rings. The summed E-state index contributed by atoms with van der Waals surface area (Å²) >= 11 is 3.51. The van der Waals surface area contributed by atoms with Crippen molar-refractivity contribution in [2.24, 2.45) is 0 Å². The summed E-state index contributed by atoms with van der Waals surface area (Å²) < 4.78 is 6.29. The van der Waals surface area contributed by atoms with Gasteiger partial charge in [0.15, 0.2) is 11.3 Å². The van der Waals surface area contributed by atoms with Gasteiger partial charge < -0.3 is 9.84 Å². The number of fused-ring (bicyclic) bond motifs is 1. The molecule has 0 unspecified atom stereocenters. The van der Waals surface area contributed by atoms with Crippen molar-refractivity contribution in [2.45, 2.75) is 0 Å². The standard InChI is InChI=1S/C24H20BrN5O3/c25-20-9-5-4-8-18(20)19-14-16-15-26-24(28-22(16)27-21(19)23(31)32)30(17-6-2-1-3-7-17)29-10-12-33-13-11-29/h1-9,14-15H,10-13H2,(H,31,32). The summed E-state index contributed by atoms with van der Waals surface area (Å²) in [4.78, 5) is 25.8. The predicted molar refractivity (Wildman–Crippen MR) is 128 cm³/mol. The molecule has 33 heavy (non-hydrogen) atoms. The molecule has 8 nitrogen and oxygen atoms in total. The highest BCUT2D eigenvalue weighted by molar-refractivity contribution is 9.10. The van der Waals surface area contributed by atoms with Gasteiger partial charge in [-0.3, -0.25) is 0 Å². The first kappa shape index (κ1) is 21.4. The topological polar surface area (TPSA) is 91.7 Å². The lowest BCUT2D eigenvalue weighted by molar-refractivity contribution is 0.0372. The third-order valence-corrected chi connectivity index (χ3v) is 6.07. The molecule has 1 aliphatic heterocycles. The lowest BCUT2D eigenvalue weighted by atomic mass is 10.0. The van der Waals surface area contributed by atoms with Crippen molar-refractivity contribution in [3.8, 4) is 11.1 Å². The lowest BCUT2D eigenvalue weighted by Gasteiger charge is -2.37. The summed E-state index contributed by atoms with van der Waals surface area (Å²) in [5, 5.41) is 14.6. The van der Waals surface area contributed by atoms with Gasteiger partial charge in [0.25, 0.3) is 0 Å². The Morgan fingerprint density at radius 2 is 1.73 bits per heavy atom. The summed E-state index contributed by atoms with van der Waals surface area (Å²) in [6.45, 7) is 2.58. The number of para-hydroxylation sites is 1. The van der Waals surface area contributed by atoms with E-state index in [0.717, 1.165) is 15.7 Å². The molecule has 0 spiro atoms. The number of carboxylic acid groups (broad SMARTS) is 1. The molecule has 9 heteroatoms. The minimum absolute atomic E-state index is 0.0586. The number of aromatic nitrogens is 3. The van der Waals surface area contributed by atoms with Crippen molar-refractivity contribution >= 4 is 44.6 Å². The highest BCUT2D eigenvalue weighted by Gasteiger charge is 2.24. The van der Waals surface area contributed by atoms with E-state index in [4.69, 9.17) is 4.74 Å². The van der Waals surface area contributed by atoms with Crippen LogP contribution in [0.3, 0.4) is 0 Å². The van der Waals surface area contributed by atoms with Gasteiger partial charge in [0.05, 0.1) is 18.9 Å². The van der Waals surface area contributed by atoms with Crippen molar-refractivity contribution in [2.75, 3.05) is 31.3 Å². The Hall–Kier alpha value is -3.40. The number of carbonyl (C=O) groups is 1. The normalized spacial score (nSPS) is 14.3. The van der Waals surface area contributed by atoms with Crippen LogP contribution in [0.4, 0.5) is 11.6 Å². The molecule has 0 aliphatic carbocycles. The molecule has 0 atom stereocenters. The van der Waals surface area contributed by atoms with Crippen LogP contribution < -0.4 is 5.01 Å². The second kappa shape index (κ2) is 9.22. The first-order chi connectivity index (χ1) is 16.1. The second-order valence-corrected chi connectivity index (χ2v) is 8.32. The number of pyridine rings is 1. The van der Waals surface area contributed by atoms with Gasteiger partial charge >= 0.3 is 5.97 Å². The van der Waals surface area contributed by atoms with E-state index < -0.39 is 5.97 Å². The average molecular weight is 506 g/mol. The molecule has 3 heterocycles. The van der Waals surface area contributed by atoms with Gasteiger partial charge in [-0.05, 0) is 29.8 Å². The molecule has 1 fully saturated rings. The van der Waals surface area contributed by atoms with Crippen molar-refractivity contribution < 1.29 is 14.6 Å². The lowest BCUT2D eigenvalue weighted by Crippen LogP contribution is -2.47. The monoisotopic (exact) mass is 505 g/mol. The number of hydrazine groups is 1. The van der Waals surface area contributed by atoms with Crippen LogP contribution in [0.1, 0.15) is 10.5 Å². The van der Waals surface area contributed by atoms with Gasteiger partial charge in [-0.1, -0.05) is 52.3 Å². The van der Waals surface area contributed by atoms with Gasteiger partial charge in [-0.15, -0.1) is 0 Å². The van der Waals surface area contributed by atoms with Crippen LogP contribution >= 0.6 is 15.9 Å². The number of morpholine rings is 1. The quantitative estimate of drug-likeness (QED) is 0.422. The number of hydrogen-bond donors (Lipinski definition) is 1. The number of aromatic carboxylic acids is 1. The summed E-state index contributed by atoms with van der Waals surface area (Å²) in [6.07, 6.45) is 1.69. The molecule has 2 aromatic heterocycles. The van der Waals surface area contributed by atoms with Crippen LogP contribution in [0.15, 0.2) is 71.3 Å². The largest absolute Gasteiger partial charge is 0.476 e. The van der Waals surface area contributed by atoms with Crippen molar-refractivity contribution in [1.29, 1.82) is 0 Å². The number of halogens is 1. The Labute approximate surface area is 198 Å². The fourth-order valence-electron chi connectivity index (χ4n) is 3.83. The zero-order valence-electron chi connectivity index (χ0n) is 17.6. The van der Waals surface area contributed by atoms with Gasteiger partial charge in [0, 0.05) is 34.7 Å². The van der Waals surface area contributed by atoms with E-state index in [2.05, 4.69) is 35.9 Å². The Balaban J connectivity index is 1.64. The van der Waals surface area contributed by atoms with Gasteiger partial charge in [-0.25, -0.2) is 24.8 Å². The number of ether oxygens (including phenoxy) is 1. The third kappa shape index (κ3) is 4.30. The SMILES string of the molecule is O=C(O)c1nc2nc(N(c3ccccc3)N3CCOCC3)ncc2cc1-c1ccccc1Br. The molecule has 5 rings (SSSR count). The van der Waals surface area contributed by atoms with Crippen molar-refractivity contribution in [3.63, 3.8) is 0 Å². The van der Waals surface area contributed by atoms with Crippen LogP contribution in [-0.2, 0) is 4.74 Å². The number of anilines is 2.